The summed E-state index contributed by atoms with van der Waals surface area (Å²) in [6, 6.07) is 4.34. The molecule has 5 nitrogen and oxygen atoms in total. The second-order valence-corrected chi connectivity index (χ2v) is 6.14. The largest absolute Gasteiger partial charge is 0.481 e. The molecule has 0 aliphatic rings. The number of rotatable bonds is 5. The van der Waals surface area contributed by atoms with E-state index in [1.807, 2.05) is 5.38 Å². The van der Waals surface area contributed by atoms with Gasteiger partial charge in [-0.05, 0) is 18.2 Å². The van der Waals surface area contributed by atoms with E-state index in [2.05, 4.69) is 9.97 Å². The molecule has 0 unspecified atom stereocenters. The molecule has 2 heterocycles. The number of halogens is 1. The molecule has 0 fully saturated rings. The van der Waals surface area contributed by atoms with Gasteiger partial charge in [-0.3, -0.25) is 4.79 Å². The lowest BCUT2D eigenvalue weighted by molar-refractivity contribution is -0.133. The minimum absolute atomic E-state index is 0.0936. The van der Waals surface area contributed by atoms with Gasteiger partial charge in [0.2, 0.25) is 0 Å². The zero-order chi connectivity index (χ0) is 14.8. The summed E-state index contributed by atoms with van der Waals surface area (Å²) in [5, 5.41) is 12.1. The number of carboxylic acid groups (broad SMARTS) is 1. The van der Waals surface area contributed by atoms with E-state index in [4.69, 9.17) is 5.11 Å². The summed E-state index contributed by atoms with van der Waals surface area (Å²) in [6.45, 7) is 0.444. The monoisotopic (exact) mass is 323 g/mol. The number of benzene rings is 1. The van der Waals surface area contributed by atoms with Gasteiger partial charge in [0, 0.05) is 11.6 Å². The van der Waals surface area contributed by atoms with Gasteiger partial charge in [-0.1, -0.05) is 11.8 Å². The van der Waals surface area contributed by atoms with Crippen molar-refractivity contribution in [2.75, 3.05) is 5.75 Å². The van der Waals surface area contributed by atoms with Crippen LogP contribution in [0.3, 0.4) is 0 Å². The second-order valence-electron chi connectivity index (χ2n) is 4.22. The lowest BCUT2D eigenvalue weighted by atomic mass is 10.3. The molecule has 0 aliphatic heterocycles. The maximum absolute atomic E-state index is 13.5. The Balaban J connectivity index is 2.04. The van der Waals surface area contributed by atoms with Gasteiger partial charge in [-0.15, -0.1) is 11.3 Å². The minimum atomic E-state index is -0.918. The second kappa shape index (κ2) is 5.82. The van der Waals surface area contributed by atoms with Crippen LogP contribution in [0.2, 0.25) is 0 Å². The number of nitrogens with zero attached hydrogens (tertiary/aromatic N) is 3. The van der Waals surface area contributed by atoms with Crippen molar-refractivity contribution >= 4 is 40.1 Å². The highest BCUT2D eigenvalue weighted by molar-refractivity contribution is 7.99. The smallest absolute Gasteiger partial charge is 0.313 e. The van der Waals surface area contributed by atoms with Crippen LogP contribution in [0.1, 0.15) is 5.01 Å². The number of thiazole rings is 1. The van der Waals surface area contributed by atoms with Crippen molar-refractivity contribution in [3.05, 3.63) is 40.6 Å². The molecule has 1 aromatic carbocycles. The predicted octanol–water partition coefficient (Wildman–Crippen LogP) is 2.86. The summed E-state index contributed by atoms with van der Waals surface area (Å²) in [5.41, 5.74) is 1.28. The fourth-order valence-electron chi connectivity index (χ4n) is 1.93. The molecule has 0 atom stereocenters. The average molecular weight is 323 g/mol. The highest BCUT2D eigenvalue weighted by Gasteiger charge is 2.14. The zero-order valence-corrected chi connectivity index (χ0v) is 12.3. The van der Waals surface area contributed by atoms with Crippen LogP contribution in [0.15, 0.2) is 34.9 Å². The first-order valence-electron chi connectivity index (χ1n) is 6.02. The van der Waals surface area contributed by atoms with Gasteiger partial charge in [-0.2, -0.15) is 0 Å². The van der Waals surface area contributed by atoms with E-state index in [9.17, 15) is 9.18 Å². The van der Waals surface area contributed by atoms with Crippen LogP contribution in [0.25, 0.3) is 11.0 Å². The molecule has 2 aromatic heterocycles. The third kappa shape index (κ3) is 3.06. The van der Waals surface area contributed by atoms with Gasteiger partial charge in [0.25, 0.3) is 0 Å². The number of hydrogen-bond donors (Lipinski definition) is 1. The Morgan fingerprint density at radius 1 is 1.48 bits per heavy atom. The van der Waals surface area contributed by atoms with Crippen LogP contribution < -0.4 is 0 Å². The number of fused-ring (bicyclic) bond motifs is 1. The number of carboxylic acids is 1. The van der Waals surface area contributed by atoms with Gasteiger partial charge < -0.3 is 9.67 Å². The molecule has 21 heavy (non-hydrogen) atoms. The van der Waals surface area contributed by atoms with Crippen LogP contribution >= 0.6 is 23.1 Å². The maximum atomic E-state index is 13.5. The summed E-state index contributed by atoms with van der Waals surface area (Å²) in [4.78, 5) is 19.3. The molecule has 0 amide bonds. The van der Waals surface area contributed by atoms with Crippen molar-refractivity contribution in [3.63, 3.8) is 0 Å². The van der Waals surface area contributed by atoms with Gasteiger partial charge >= 0.3 is 5.97 Å². The topological polar surface area (TPSA) is 68.0 Å². The number of imidazole rings is 1. The van der Waals surface area contributed by atoms with Crippen LogP contribution in [0.5, 0.6) is 0 Å². The van der Waals surface area contributed by atoms with E-state index in [0.29, 0.717) is 22.7 Å². The molecule has 8 heteroatoms. The van der Waals surface area contributed by atoms with Gasteiger partial charge in [-0.25, -0.2) is 14.4 Å². The summed E-state index contributed by atoms with van der Waals surface area (Å²) in [5.74, 6) is -1.36. The molecule has 0 spiro atoms. The van der Waals surface area contributed by atoms with E-state index in [0.717, 1.165) is 16.8 Å². The highest BCUT2D eigenvalue weighted by Crippen LogP contribution is 2.26. The first kappa shape index (κ1) is 14.0. The average Bonchev–Trinajstić information content (AvgIpc) is 3.06. The van der Waals surface area contributed by atoms with E-state index in [1.54, 1.807) is 16.8 Å². The van der Waals surface area contributed by atoms with Crippen LogP contribution in [-0.4, -0.2) is 31.4 Å². The minimum Gasteiger partial charge on any atom is -0.481 e. The van der Waals surface area contributed by atoms with E-state index >= 15 is 0 Å². The Kier molecular flexibility index (Phi) is 3.89. The fourth-order valence-corrected chi connectivity index (χ4v) is 3.27. The molecular weight excluding hydrogens is 313 g/mol. The highest BCUT2D eigenvalue weighted by atomic mass is 32.2. The molecule has 3 aromatic rings. The number of aliphatic carboxylic acids is 1. The van der Waals surface area contributed by atoms with Crippen molar-refractivity contribution in [1.82, 2.24) is 14.5 Å². The Bertz CT molecular complexity index is 786. The Labute approximate surface area is 127 Å². The quantitative estimate of drug-likeness (QED) is 0.731. The standard InChI is InChI=1S/C13H10FN3O2S2/c14-8-1-2-9-10(5-8)17(6-11-15-3-4-20-11)13(16-9)21-7-12(18)19/h1-5H,6-7H2,(H,18,19). The zero-order valence-electron chi connectivity index (χ0n) is 10.7. The Morgan fingerprint density at radius 2 is 2.33 bits per heavy atom. The molecule has 0 radical (unpaired) electrons. The Hall–Kier alpha value is -1.93. The number of hydrogen-bond acceptors (Lipinski definition) is 5. The number of thioether (sulfide) groups is 1. The lowest BCUT2D eigenvalue weighted by Gasteiger charge is -2.06. The van der Waals surface area contributed by atoms with Crippen LogP contribution in [0.4, 0.5) is 4.39 Å². The molecule has 1 N–H and O–H groups in total. The third-order valence-electron chi connectivity index (χ3n) is 2.78. The third-order valence-corrected chi connectivity index (χ3v) is 4.50. The van der Waals surface area contributed by atoms with Gasteiger partial charge in [0.15, 0.2) is 5.16 Å². The molecule has 3 rings (SSSR count). The van der Waals surface area contributed by atoms with Crippen molar-refractivity contribution in [2.45, 2.75) is 11.7 Å². The fraction of sp³-hybridized carbons (Fsp3) is 0.154. The predicted molar refractivity (Wildman–Crippen MR) is 79.3 cm³/mol. The molecular formula is C13H10FN3O2S2. The van der Waals surface area contributed by atoms with Crippen molar-refractivity contribution in [3.8, 4) is 0 Å². The SMILES string of the molecule is O=C(O)CSc1nc2ccc(F)cc2n1Cc1nccs1. The van der Waals surface area contributed by atoms with E-state index in [1.165, 1.54) is 23.5 Å². The van der Waals surface area contributed by atoms with Crippen molar-refractivity contribution < 1.29 is 14.3 Å². The molecule has 108 valence electrons. The molecule has 0 bridgehead atoms. The maximum Gasteiger partial charge on any atom is 0.313 e. The number of aromatic nitrogens is 3. The Morgan fingerprint density at radius 3 is 3.05 bits per heavy atom. The van der Waals surface area contributed by atoms with Crippen molar-refractivity contribution in [1.29, 1.82) is 0 Å². The van der Waals surface area contributed by atoms with E-state index in [-0.39, 0.29) is 11.6 Å². The molecule has 0 saturated heterocycles. The lowest BCUT2D eigenvalue weighted by Crippen LogP contribution is -2.04. The summed E-state index contributed by atoms with van der Waals surface area (Å²) in [6.07, 6.45) is 1.70. The summed E-state index contributed by atoms with van der Waals surface area (Å²) in [7, 11) is 0. The molecule has 0 saturated carbocycles. The number of carbonyl (C=O) groups is 1. The van der Waals surface area contributed by atoms with E-state index < -0.39 is 5.97 Å². The van der Waals surface area contributed by atoms with Crippen LogP contribution in [-0.2, 0) is 11.3 Å². The normalized spacial score (nSPS) is 11.1. The van der Waals surface area contributed by atoms with Gasteiger partial charge in [0.1, 0.15) is 10.8 Å². The summed E-state index contributed by atoms with van der Waals surface area (Å²) < 4.78 is 15.3. The van der Waals surface area contributed by atoms with Gasteiger partial charge in [0.05, 0.1) is 23.3 Å². The molecule has 0 aliphatic carbocycles. The van der Waals surface area contributed by atoms with Crippen LogP contribution in [0, 0.1) is 5.82 Å². The summed E-state index contributed by atoms with van der Waals surface area (Å²) >= 11 is 2.60. The first-order chi connectivity index (χ1) is 10.1. The van der Waals surface area contributed by atoms with Crippen molar-refractivity contribution in [2.24, 2.45) is 0 Å². The first-order valence-corrected chi connectivity index (χ1v) is 7.89.